The molecule has 0 aliphatic carbocycles. The summed E-state index contributed by atoms with van der Waals surface area (Å²) in [6.45, 7) is 4.73. The van der Waals surface area contributed by atoms with E-state index in [-0.39, 0.29) is 18.5 Å². The second-order valence-electron chi connectivity index (χ2n) is 5.07. The van der Waals surface area contributed by atoms with Gasteiger partial charge in [-0.2, -0.15) is 0 Å². The minimum Gasteiger partial charge on any atom is -0.383 e. The largest absolute Gasteiger partial charge is 0.383 e. The molecule has 2 N–H and O–H groups in total. The average Bonchev–Trinajstić information content (AvgIpc) is 2.91. The summed E-state index contributed by atoms with van der Waals surface area (Å²) in [6.07, 6.45) is 2.05. The molecule has 1 aliphatic rings. The first-order chi connectivity index (χ1) is 10.1. The van der Waals surface area contributed by atoms with Gasteiger partial charge >= 0.3 is 6.03 Å². The Morgan fingerprint density at radius 3 is 3.00 bits per heavy atom. The van der Waals surface area contributed by atoms with Crippen LogP contribution in [0.1, 0.15) is 18.7 Å². The van der Waals surface area contributed by atoms with Crippen molar-refractivity contribution in [3.63, 3.8) is 0 Å². The number of urea groups is 1. The molecule has 0 radical (unpaired) electrons. The van der Waals surface area contributed by atoms with Gasteiger partial charge in [-0.05, 0) is 19.1 Å². The van der Waals surface area contributed by atoms with E-state index >= 15 is 0 Å². The molecule has 21 heavy (non-hydrogen) atoms. The van der Waals surface area contributed by atoms with E-state index < -0.39 is 6.03 Å². The predicted molar refractivity (Wildman–Crippen MR) is 77.8 cm³/mol. The van der Waals surface area contributed by atoms with Crippen molar-refractivity contribution in [1.82, 2.24) is 20.1 Å². The number of hydrogen-bond donors (Lipinski definition) is 2. The van der Waals surface area contributed by atoms with E-state index in [4.69, 9.17) is 4.74 Å². The summed E-state index contributed by atoms with van der Waals surface area (Å²) in [6, 6.07) is 3.76. The maximum absolute atomic E-state index is 11.9. The van der Waals surface area contributed by atoms with Crippen molar-refractivity contribution >= 4 is 11.9 Å². The van der Waals surface area contributed by atoms with Crippen LogP contribution in [0.15, 0.2) is 18.3 Å². The van der Waals surface area contributed by atoms with Crippen LogP contribution < -0.4 is 10.6 Å². The maximum Gasteiger partial charge on any atom is 0.321 e. The highest BCUT2D eigenvalue weighted by molar-refractivity contribution is 5.95. The molecular formula is C14H22N4O3. The van der Waals surface area contributed by atoms with Crippen LogP contribution in [-0.4, -0.2) is 54.8 Å². The number of nitrogens with one attached hydrogen (secondary N) is 2. The Morgan fingerprint density at radius 1 is 1.43 bits per heavy atom. The van der Waals surface area contributed by atoms with Gasteiger partial charge in [-0.15, -0.1) is 0 Å². The van der Waals surface area contributed by atoms with Crippen molar-refractivity contribution in [3.8, 4) is 0 Å². The van der Waals surface area contributed by atoms with E-state index in [9.17, 15) is 9.59 Å². The van der Waals surface area contributed by atoms with Gasteiger partial charge in [0, 0.05) is 44.7 Å². The third kappa shape index (κ3) is 4.05. The summed E-state index contributed by atoms with van der Waals surface area (Å²) in [5, 5.41) is 4.89. The molecule has 3 amide bonds. The van der Waals surface area contributed by atoms with E-state index in [0.29, 0.717) is 13.2 Å². The van der Waals surface area contributed by atoms with Gasteiger partial charge in [0.15, 0.2) is 0 Å². The standard InChI is InChI=1S/C14H22N4O3/c1-11-12-4-3-6-17(12)7-8-18(11)10-13(19)16-14(20)15-5-9-21-2/h3-4,6,11H,5,7-10H2,1-2H3,(H2,15,16,19,20)/t11-/m0/s1. The van der Waals surface area contributed by atoms with Crippen LogP contribution in [0.3, 0.4) is 0 Å². The summed E-state index contributed by atoms with van der Waals surface area (Å²) in [5.74, 6) is -0.295. The Morgan fingerprint density at radius 2 is 2.24 bits per heavy atom. The van der Waals surface area contributed by atoms with E-state index in [1.54, 1.807) is 7.11 Å². The zero-order chi connectivity index (χ0) is 15.2. The minimum absolute atomic E-state index is 0.163. The monoisotopic (exact) mass is 294 g/mol. The first-order valence-electron chi connectivity index (χ1n) is 7.07. The highest BCUT2D eigenvalue weighted by Gasteiger charge is 2.25. The molecule has 2 heterocycles. The van der Waals surface area contributed by atoms with Crippen molar-refractivity contribution < 1.29 is 14.3 Å². The number of methoxy groups -OCH3 is 1. The molecule has 1 aromatic heterocycles. The van der Waals surface area contributed by atoms with E-state index in [0.717, 1.165) is 13.1 Å². The molecule has 0 saturated carbocycles. The quantitative estimate of drug-likeness (QED) is 0.768. The van der Waals surface area contributed by atoms with Crippen LogP contribution in [0.5, 0.6) is 0 Å². The number of rotatable bonds is 5. The molecule has 1 aromatic rings. The van der Waals surface area contributed by atoms with Crippen molar-refractivity contribution in [2.24, 2.45) is 0 Å². The minimum atomic E-state index is -0.481. The van der Waals surface area contributed by atoms with Gasteiger partial charge in [0.05, 0.1) is 13.2 Å². The number of imide groups is 1. The van der Waals surface area contributed by atoms with Gasteiger partial charge in [0.1, 0.15) is 0 Å². The van der Waals surface area contributed by atoms with Crippen molar-refractivity contribution in [2.75, 3.05) is 33.4 Å². The van der Waals surface area contributed by atoms with Crippen molar-refractivity contribution in [2.45, 2.75) is 19.5 Å². The zero-order valence-corrected chi connectivity index (χ0v) is 12.5. The topological polar surface area (TPSA) is 75.6 Å². The molecule has 0 bridgehead atoms. The first-order valence-corrected chi connectivity index (χ1v) is 7.07. The number of ether oxygens (including phenoxy) is 1. The lowest BCUT2D eigenvalue weighted by molar-refractivity contribution is -0.121. The van der Waals surface area contributed by atoms with E-state index in [2.05, 4.69) is 33.1 Å². The molecule has 0 unspecified atom stereocenters. The highest BCUT2D eigenvalue weighted by atomic mass is 16.5. The molecule has 0 saturated heterocycles. The number of hydrogen-bond acceptors (Lipinski definition) is 4. The van der Waals surface area contributed by atoms with Gasteiger partial charge in [0.25, 0.3) is 0 Å². The van der Waals surface area contributed by atoms with Gasteiger partial charge in [-0.25, -0.2) is 4.79 Å². The Kier molecular flexibility index (Phi) is 5.35. The van der Waals surface area contributed by atoms with Crippen LogP contribution in [0.4, 0.5) is 4.79 Å². The maximum atomic E-state index is 11.9. The summed E-state index contributed by atoms with van der Waals surface area (Å²) in [4.78, 5) is 25.4. The fraction of sp³-hybridized carbons (Fsp3) is 0.571. The molecule has 7 nitrogen and oxygen atoms in total. The summed E-state index contributed by atoms with van der Waals surface area (Å²) in [7, 11) is 1.55. The molecule has 1 aliphatic heterocycles. The van der Waals surface area contributed by atoms with E-state index in [1.165, 1.54) is 5.69 Å². The van der Waals surface area contributed by atoms with Crippen LogP contribution in [0.2, 0.25) is 0 Å². The molecule has 0 spiro atoms. The zero-order valence-electron chi connectivity index (χ0n) is 12.5. The molecule has 7 heteroatoms. The number of amides is 3. The third-order valence-electron chi connectivity index (χ3n) is 3.66. The Bertz CT molecular complexity index is 500. The lowest BCUT2D eigenvalue weighted by atomic mass is 10.1. The molecule has 0 aromatic carbocycles. The van der Waals surface area contributed by atoms with Crippen molar-refractivity contribution in [3.05, 3.63) is 24.0 Å². The number of aromatic nitrogens is 1. The predicted octanol–water partition coefficient (Wildman–Crippen LogP) is 0.337. The Balaban J connectivity index is 1.79. The second-order valence-corrected chi connectivity index (χ2v) is 5.07. The first kappa shape index (κ1) is 15.5. The van der Waals surface area contributed by atoms with Gasteiger partial charge < -0.3 is 14.6 Å². The summed E-state index contributed by atoms with van der Waals surface area (Å²) in [5.41, 5.74) is 1.19. The van der Waals surface area contributed by atoms with Gasteiger partial charge in [-0.3, -0.25) is 15.0 Å². The number of carbonyl (C=O) groups excluding carboxylic acids is 2. The fourth-order valence-electron chi connectivity index (χ4n) is 2.50. The van der Waals surface area contributed by atoms with Gasteiger partial charge in [-0.1, -0.05) is 0 Å². The number of fused-ring (bicyclic) bond motifs is 1. The summed E-state index contributed by atoms with van der Waals surface area (Å²) < 4.78 is 7.01. The van der Waals surface area contributed by atoms with E-state index in [1.807, 2.05) is 12.3 Å². The third-order valence-corrected chi connectivity index (χ3v) is 3.66. The lowest BCUT2D eigenvalue weighted by Gasteiger charge is -2.34. The Hall–Kier alpha value is -1.86. The van der Waals surface area contributed by atoms with Gasteiger partial charge in [0.2, 0.25) is 5.91 Å². The number of carbonyl (C=O) groups is 2. The summed E-state index contributed by atoms with van der Waals surface area (Å²) >= 11 is 0. The average molecular weight is 294 g/mol. The Labute approximate surface area is 124 Å². The highest BCUT2D eigenvalue weighted by Crippen LogP contribution is 2.24. The van der Waals surface area contributed by atoms with Crippen LogP contribution in [0, 0.1) is 0 Å². The second kappa shape index (κ2) is 7.24. The van der Waals surface area contributed by atoms with Crippen molar-refractivity contribution in [1.29, 1.82) is 0 Å². The fourth-order valence-corrected chi connectivity index (χ4v) is 2.50. The molecule has 0 fully saturated rings. The van der Waals surface area contributed by atoms with Crippen LogP contribution in [0.25, 0.3) is 0 Å². The lowest BCUT2D eigenvalue weighted by Crippen LogP contribution is -2.47. The molecule has 2 rings (SSSR count). The molecule has 1 atom stereocenters. The normalized spacial score (nSPS) is 18.1. The SMILES string of the molecule is COCCNC(=O)NC(=O)CN1CCn2cccc2[C@@H]1C. The van der Waals surface area contributed by atoms with Crippen LogP contribution in [-0.2, 0) is 16.1 Å². The molecule has 116 valence electrons. The molecular weight excluding hydrogens is 272 g/mol. The number of nitrogens with zero attached hydrogens (tertiary/aromatic N) is 2. The van der Waals surface area contributed by atoms with Crippen LogP contribution >= 0.6 is 0 Å². The smallest absolute Gasteiger partial charge is 0.321 e.